The molecule has 4 atom stereocenters. The summed E-state index contributed by atoms with van der Waals surface area (Å²) in [4.78, 5) is 50.2. The van der Waals surface area contributed by atoms with Crippen molar-refractivity contribution >= 4 is 54.2 Å². The van der Waals surface area contributed by atoms with Gasteiger partial charge in [-0.3, -0.25) is 30.6 Å². The van der Waals surface area contributed by atoms with Crippen LogP contribution in [0.4, 0.5) is 0 Å². The molecule has 0 aliphatic rings. The van der Waals surface area contributed by atoms with Crippen molar-refractivity contribution in [2.45, 2.75) is 62.7 Å². The van der Waals surface area contributed by atoms with E-state index in [1.54, 1.807) is 0 Å². The Labute approximate surface area is 237 Å². The zero-order valence-corrected chi connectivity index (χ0v) is 23.1. The van der Waals surface area contributed by atoms with E-state index in [0.29, 0.717) is 19.4 Å². The van der Waals surface area contributed by atoms with E-state index in [9.17, 15) is 24.3 Å². The first-order valence-electron chi connectivity index (χ1n) is 12.5. The second kappa shape index (κ2) is 20.0. The number of nitrogens with two attached hydrogens (primary N) is 4. The number of hydrogen-bond acceptors (Lipinski definition) is 9. The lowest BCUT2D eigenvalue weighted by molar-refractivity contribution is -0.141. The van der Waals surface area contributed by atoms with Gasteiger partial charge in [0, 0.05) is 25.4 Å². The number of aliphatic carboxylic acids is 1. The molecule has 0 rings (SSSR count). The lowest BCUT2D eigenvalue weighted by atomic mass is 10.1. The molecular weight excluding hydrogens is 546 g/mol. The van der Waals surface area contributed by atoms with Crippen LogP contribution in [-0.4, -0.2) is 96.2 Å². The maximum atomic E-state index is 13.2. The van der Waals surface area contributed by atoms with Crippen molar-refractivity contribution in [2.75, 3.05) is 25.4 Å². The first-order chi connectivity index (χ1) is 18.8. The standard InChI is InChI=1S/C21H43N13O5S/c22-11(4-1-7-29-19(23)24)15(35)32-12(5-2-8-30-20(25)26)16(36)33-13(6-3-9-31-21(27)28)17(37)34-14(10-40)18(38)39/h11-14,40H,1-10,22H2,(H,32,35)(H,33,36)(H,34,37)(H,38,39)(H4,23,24,29)(H4,25,26,30)(H4,27,28,31)/t11-,12+,13-,14+/m1/s1. The zero-order chi connectivity index (χ0) is 30.7. The van der Waals surface area contributed by atoms with Crippen molar-refractivity contribution in [2.24, 2.45) is 22.9 Å². The first-order valence-corrected chi connectivity index (χ1v) is 13.2. The highest BCUT2D eigenvalue weighted by Gasteiger charge is 2.29. The van der Waals surface area contributed by atoms with Crippen LogP contribution >= 0.6 is 12.6 Å². The molecule has 0 spiro atoms. The van der Waals surface area contributed by atoms with Gasteiger partial charge in [0.25, 0.3) is 0 Å². The maximum Gasteiger partial charge on any atom is 0.327 e. The molecule has 228 valence electrons. The molecule has 18 N–H and O–H groups in total. The van der Waals surface area contributed by atoms with Gasteiger partial charge in [-0.05, 0) is 38.5 Å². The Bertz CT molecular complexity index is 891. The van der Waals surface area contributed by atoms with Gasteiger partial charge in [-0.15, -0.1) is 0 Å². The van der Waals surface area contributed by atoms with Gasteiger partial charge < -0.3 is 59.9 Å². The molecule has 0 aliphatic carbocycles. The molecule has 0 aliphatic heterocycles. The topological polar surface area (TPSA) is 336 Å². The highest BCUT2D eigenvalue weighted by Crippen LogP contribution is 2.05. The number of nitrogens with one attached hydrogen (secondary N) is 9. The van der Waals surface area contributed by atoms with Crippen LogP contribution in [0.1, 0.15) is 38.5 Å². The molecule has 0 fully saturated rings. The van der Waals surface area contributed by atoms with Crippen LogP contribution in [0.3, 0.4) is 0 Å². The number of thiol groups is 1. The van der Waals surface area contributed by atoms with Crippen LogP contribution in [0.2, 0.25) is 0 Å². The van der Waals surface area contributed by atoms with Gasteiger partial charge >= 0.3 is 5.97 Å². The third kappa shape index (κ3) is 16.8. The van der Waals surface area contributed by atoms with Crippen LogP contribution in [-0.2, 0) is 19.2 Å². The summed E-state index contributed by atoms with van der Waals surface area (Å²) >= 11 is 3.93. The minimum atomic E-state index is -1.30. The fourth-order valence-electron chi connectivity index (χ4n) is 3.28. The van der Waals surface area contributed by atoms with E-state index in [2.05, 4.69) is 44.5 Å². The van der Waals surface area contributed by atoms with Crippen molar-refractivity contribution in [1.82, 2.24) is 31.9 Å². The van der Waals surface area contributed by atoms with Gasteiger partial charge in [-0.2, -0.15) is 12.6 Å². The molecule has 0 saturated heterocycles. The smallest absolute Gasteiger partial charge is 0.327 e. The zero-order valence-electron chi connectivity index (χ0n) is 22.2. The Morgan fingerprint density at radius 1 is 0.650 bits per heavy atom. The highest BCUT2D eigenvalue weighted by molar-refractivity contribution is 7.80. The molecule has 19 heteroatoms. The summed E-state index contributed by atoms with van der Waals surface area (Å²) in [6, 6.07) is -4.56. The average molecular weight is 590 g/mol. The minimum absolute atomic E-state index is 0.0615. The molecule has 40 heavy (non-hydrogen) atoms. The van der Waals surface area contributed by atoms with Gasteiger partial charge in [0.2, 0.25) is 17.7 Å². The van der Waals surface area contributed by atoms with Gasteiger partial charge in [-0.1, -0.05) is 0 Å². The number of carbonyl (C=O) groups excluding carboxylic acids is 3. The predicted octanol–water partition coefficient (Wildman–Crippen LogP) is -4.43. The Morgan fingerprint density at radius 2 is 1.00 bits per heavy atom. The van der Waals surface area contributed by atoms with Crippen LogP contribution < -0.4 is 54.8 Å². The first kappa shape index (κ1) is 36.0. The lowest BCUT2D eigenvalue weighted by Gasteiger charge is -2.25. The monoisotopic (exact) mass is 589 g/mol. The number of hydrogen-bond donors (Lipinski definition) is 15. The molecule has 0 aromatic carbocycles. The van der Waals surface area contributed by atoms with E-state index in [-0.39, 0.29) is 62.4 Å². The SMILES string of the molecule is N=C(N)NCCC[C@@H](N)C(=O)N[C@@H](CCCNC(=N)N)C(=O)N[C@H](CCCNC(=N)N)C(=O)N[C@@H](CS)C(=O)O. The van der Waals surface area contributed by atoms with Crippen molar-refractivity contribution in [3.8, 4) is 0 Å². The van der Waals surface area contributed by atoms with Crippen molar-refractivity contribution in [3.05, 3.63) is 0 Å². The molecule has 3 amide bonds. The van der Waals surface area contributed by atoms with Crippen molar-refractivity contribution in [1.29, 1.82) is 16.2 Å². The number of carboxylic acids is 1. The fraction of sp³-hybridized carbons (Fsp3) is 0.667. The quantitative estimate of drug-likeness (QED) is 0.0277. The van der Waals surface area contributed by atoms with Crippen LogP contribution in [0, 0.1) is 16.2 Å². The summed E-state index contributed by atoms with van der Waals surface area (Å²) in [5.41, 5.74) is 21.7. The number of carboxylic acid groups (broad SMARTS) is 1. The van der Waals surface area contributed by atoms with E-state index in [1.807, 2.05) is 0 Å². The number of carbonyl (C=O) groups is 4. The molecule has 0 aromatic rings. The summed E-state index contributed by atoms with van der Waals surface area (Å²) in [5, 5.41) is 46.1. The maximum absolute atomic E-state index is 13.2. The van der Waals surface area contributed by atoms with Gasteiger partial charge in [0.15, 0.2) is 17.9 Å². The molecular formula is C21H43N13O5S. The normalized spacial score (nSPS) is 13.4. The lowest BCUT2D eigenvalue weighted by Crippen LogP contribution is -2.57. The number of guanidine groups is 3. The van der Waals surface area contributed by atoms with E-state index in [0.717, 1.165) is 0 Å². The third-order valence-corrected chi connectivity index (χ3v) is 5.74. The van der Waals surface area contributed by atoms with Gasteiger partial charge in [0.1, 0.15) is 18.1 Å². The predicted molar refractivity (Wildman–Crippen MR) is 153 cm³/mol. The van der Waals surface area contributed by atoms with E-state index < -0.39 is 47.9 Å². The number of rotatable bonds is 20. The van der Waals surface area contributed by atoms with Gasteiger partial charge in [0.05, 0.1) is 6.04 Å². The minimum Gasteiger partial charge on any atom is -0.480 e. The Morgan fingerprint density at radius 3 is 1.35 bits per heavy atom. The average Bonchev–Trinajstić information content (AvgIpc) is 2.87. The molecule has 0 saturated carbocycles. The number of amides is 3. The summed E-state index contributed by atoms with van der Waals surface area (Å²) in [6.45, 7) is 0.782. The van der Waals surface area contributed by atoms with Crippen molar-refractivity contribution in [3.63, 3.8) is 0 Å². The summed E-state index contributed by atoms with van der Waals surface area (Å²) in [5.74, 6) is -4.34. The highest BCUT2D eigenvalue weighted by atomic mass is 32.1. The Hall–Kier alpha value is -4.00. The molecule has 0 radical (unpaired) electrons. The molecule has 18 nitrogen and oxygen atoms in total. The van der Waals surface area contributed by atoms with E-state index >= 15 is 0 Å². The molecule has 0 unspecified atom stereocenters. The molecule has 0 aromatic heterocycles. The summed E-state index contributed by atoms with van der Waals surface area (Å²) < 4.78 is 0. The van der Waals surface area contributed by atoms with E-state index in [1.165, 1.54) is 0 Å². The largest absolute Gasteiger partial charge is 0.480 e. The summed E-state index contributed by atoms with van der Waals surface area (Å²) in [7, 11) is 0. The summed E-state index contributed by atoms with van der Waals surface area (Å²) in [6.07, 6.45) is 1.43. The second-order valence-electron chi connectivity index (χ2n) is 8.76. The third-order valence-electron chi connectivity index (χ3n) is 5.38. The Kier molecular flexibility index (Phi) is 18.0. The Balaban J connectivity index is 5.53. The van der Waals surface area contributed by atoms with Crippen LogP contribution in [0.5, 0.6) is 0 Å². The fourth-order valence-corrected chi connectivity index (χ4v) is 3.53. The molecule has 0 bridgehead atoms. The van der Waals surface area contributed by atoms with Crippen LogP contribution in [0.15, 0.2) is 0 Å². The van der Waals surface area contributed by atoms with Gasteiger partial charge in [-0.25, -0.2) is 4.79 Å². The molecule has 0 heterocycles. The van der Waals surface area contributed by atoms with Crippen molar-refractivity contribution < 1.29 is 24.3 Å². The second-order valence-corrected chi connectivity index (χ2v) is 9.12. The van der Waals surface area contributed by atoms with E-state index in [4.69, 9.17) is 39.2 Å². The van der Waals surface area contributed by atoms with Crippen LogP contribution in [0.25, 0.3) is 0 Å².